The number of aromatic nitrogens is 1. The summed E-state index contributed by atoms with van der Waals surface area (Å²) in [7, 11) is 1.67. The predicted octanol–water partition coefficient (Wildman–Crippen LogP) is 2.35. The molecule has 1 aromatic carbocycles. The molecule has 1 N–H and O–H groups in total. The van der Waals surface area contributed by atoms with Crippen LogP contribution in [-0.4, -0.2) is 18.6 Å². The molecule has 1 aromatic heterocycles. The Morgan fingerprint density at radius 3 is 2.88 bits per heavy atom. The SMILES string of the molecule is CCNCc1ccc2cccc(OC)c2n1. The van der Waals surface area contributed by atoms with Gasteiger partial charge in [-0.25, -0.2) is 4.98 Å². The molecule has 0 aliphatic carbocycles. The number of rotatable bonds is 4. The Labute approximate surface area is 95.5 Å². The van der Waals surface area contributed by atoms with E-state index in [0.29, 0.717) is 0 Å². The van der Waals surface area contributed by atoms with Crippen molar-refractivity contribution in [2.75, 3.05) is 13.7 Å². The zero-order valence-corrected chi connectivity index (χ0v) is 9.66. The highest BCUT2D eigenvalue weighted by Gasteiger charge is 2.03. The molecule has 0 bridgehead atoms. The number of hydrogen-bond donors (Lipinski definition) is 1. The first-order valence-corrected chi connectivity index (χ1v) is 5.48. The van der Waals surface area contributed by atoms with Crippen LogP contribution in [0, 0.1) is 0 Å². The van der Waals surface area contributed by atoms with Gasteiger partial charge in [0, 0.05) is 11.9 Å². The molecule has 2 aromatic rings. The first-order chi connectivity index (χ1) is 7.85. The van der Waals surface area contributed by atoms with E-state index in [1.54, 1.807) is 7.11 Å². The lowest BCUT2D eigenvalue weighted by atomic mass is 10.2. The van der Waals surface area contributed by atoms with E-state index >= 15 is 0 Å². The number of fused-ring (bicyclic) bond motifs is 1. The van der Waals surface area contributed by atoms with Crippen LogP contribution in [0.5, 0.6) is 5.75 Å². The fourth-order valence-corrected chi connectivity index (χ4v) is 1.68. The molecule has 1 heterocycles. The zero-order chi connectivity index (χ0) is 11.4. The predicted molar refractivity (Wildman–Crippen MR) is 65.7 cm³/mol. The number of ether oxygens (including phenoxy) is 1. The number of hydrogen-bond acceptors (Lipinski definition) is 3. The third-order valence-corrected chi connectivity index (χ3v) is 2.52. The zero-order valence-electron chi connectivity index (χ0n) is 9.66. The van der Waals surface area contributed by atoms with Gasteiger partial charge in [0.1, 0.15) is 11.3 Å². The standard InChI is InChI=1S/C13H16N2O/c1-3-14-9-11-8-7-10-5-4-6-12(16-2)13(10)15-11/h4-8,14H,3,9H2,1-2H3. The summed E-state index contributed by atoms with van der Waals surface area (Å²) in [5.41, 5.74) is 1.97. The maximum Gasteiger partial charge on any atom is 0.145 e. The van der Waals surface area contributed by atoms with E-state index < -0.39 is 0 Å². The van der Waals surface area contributed by atoms with Crippen LogP contribution in [0.1, 0.15) is 12.6 Å². The van der Waals surface area contributed by atoms with E-state index in [-0.39, 0.29) is 0 Å². The quantitative estimate of drug-likeness (QED) is 0.851. The molecular formula is C13H16N2O. The van der Waals surface area contributed by atoms with Gasteiger partial charge < -0.3 is 10.1 Å². The lowest BCUT2D eigenvalue weighted by Gasteiger charge is -2.07. The molecule has 0 spiro atoms. The number of nitrogens with zero attached hydrogens (tertiary/aromatic N) is 1. The summed E-state index contributed by atoms with van der Waals surface area (Å²) >= 11 is 0. The van der Waals surface area contributed by atoms with Gasteiger partial charge in [0.15, 0.2) is 0 Å². The highest BCUT2D eigenvalue weighted by molar-refractivity contribution is 5.84. The molecule has 3 nitrogen and oxygen atoms in total. The highest BCUT2D eigenvalue weighted by Crippen LogP contribution is 2.23. The van der Waals surface area contributed by atoms with Crippen molar-refractivity contribution >= 4 is 10.9 Å². The van der Waals surface area contributed by atoms with Gasteiger partial charge in [-0.2, -0.15) is 0 Å². The maximum atomic E-state index is 5.30. The molecule has 0 aliphatic rings. The molecule has 2 rings (SSSR count). The Morgan fingerprint density at radius 1 is 1.25 bits per heavy atom. The van der Waals surface area contributed by atoms with Crippen LogP contribution in [0.3, 0.4) is 0 Å². The molecule has 3 heteroatoms. The van der Waals surface area contributed by atoms with Crippen LogP contribution in [-0.2, 0) is 6.54 Å². The second-order valence-electron chi connectivity index (χ2n) is 3.61. The largest absolute Gasteiger partial charge is 0.494 e. The van der Waals surface area contributed by atoms with Gasteiger partial charge in [0.25, 0.3) is 0 Å². The molecular weight excluding hydrogens is 200 g/mol. The lowest BCUT2D eigenvalue weighted by molar-refractivity contribution is 0.419. The van der Waals surface area contributed by atoms with Gasteiger partial charge in [-0.1, -0.05) is 25.1 Å². The Hall–Kier alpha value is -1.61. The van der Waals surface area contributed by atoms with Crippen LogP contribution >= 0.6 is 0 Å². The first-order valence-electron chi connectivity index (χ1n) is 5.48. The van der Waals surface area contributed by atoms with Gasteiger partial charge in [-0.3, -0.25) is 0 Å². The second kappa shape index (κ2) is 4.94. The van der Waals surface area contributed by atoms with E-state index in [4.69, 9.17) is 4.74 Å². The van der Waals surface area contributed by atoms with Gasteiger partial charge >= 0.3 is 0 Å². The normalized spacial score (nSPS) is 10.6. The van der Waals surface area contributed by atoms with Gasteiger partial charge in [-0.05, 0) is 18.7 Å². The minimum atomic E-state index is 0.796. The van der Waals surface area contributed by atoms with Crippen molar-refractivity contribution in [3.63, 3.8) is 0 Å². The number of nitrogens with one attached hydrogen (secondary N) is 1. The van der Waals surface area contributed by atoms with E-state index in [2.05, 4.69) is 23.3 Å². The lowest BCUT2D eigenvalue weighted by Crippen LogP contribution is -2.12. The third-order valence-electron chi connectivity index (χ3n) is 2.52. The summed E-state index contributed by atoms with van der Waals surface area (Å²) < 4.78 is 5.30. The van der Waals surface area contributed by atoms with E-state index in [1.807, 2.05) is 24.3 Å². The van der Waals surface area contributed by atoms with Gasteiger partial charge in [-0.15, -0.1) is 0 Å². The molecule has 0 amide bonds. The van der Waals surface area contributed by atoms with Gasteiger partial charge in [0.05, 0.1) is 12.8 Å². The average Bonchev–Trinajstić information content (AvgIpc) is 2.35. The Kier molecular flexibility index (Phi) is 3.37. The van der Waals surface area contributed by atoms with Crippen molar-refractivity contribution in [1.82, 2.24) is 10.3 Å². The van der Waals surface area contributed by atoms with Crippen molar-refractivity contribution < 1.29 is 4.74 Å². The van der Waals surface area contributed by atoms with Crippen molar-refractivity contribution in [1.29, 1.82) is 0 Å². The Morgan fingerprint density at radius 2 is 2.12 bits per heavy atom. The Balaban J connectivity index is 2.42. The minimum absolute atomic E-state index is 0.796. The minimum Gasteiger partial charge on any atom is -0.494 e. The number of para-hydroxylation sites is 1. The van der Waals surface area contributed by atoms with Crippen LogP contribution in [0.15, 0.2) is 30.3 Å². The van der Waals surface area contributed by atoms with Gasteiger partial charge in [0.2, 0.25) is 0 Å². The molecule has 84 valence electrons. The molecule has 16 heavy (non-hydrogen) atoms. The summed E-state index contributed by atoms with van der Waals surface area (Å²) in [5.74, 6) is 0.829. The van der Waals surface area contributed by atoms with Crippen LogP contribution in [0.2, 0.25) is 0 Å². The number of benzene rings is 1. The summed E-state index contributed by atoms with van der Waals surface area (Å²) in [5, 5.41) is 4.37. The number of methoxy groups -OCH3 is 1. The molecule has 0 fully saturated rings. The van der Waals surface area contributed by atoms with E-state index in [1.165, 1.54) is 0 Å². The summed E-state index contributed by atoms with van der Waals surface area (Å²) in [4.78, 5) is 4.60. The van der Waals surface area contributed by atoms with Crippen molar-refractivity contribution in [2.45, 2.75) is 13.5 Å². The van der Waals surface area contributed by atoms with Crippen molar-refractivity contribution in [3.05, 3.63) is 36.0 Å². The van der Waals surface area contributed by atoms with Crippen LogP contribution < -0.4 is 10.1 Å². The highest BCUT2D eigenvalue weighted by atomic mass is 16.5. The van der Waals surface area contributed by atoms with Crippen molar-refractivity contribution in [2.24, 2.45) is 0 Å². The molecule has 0 saturated heterocycles. The third kappa shape index (κ3) is 2.14. The molecule has 0 aliphatic heterocycles. The molecule has 0 unspecified atom stereocenters. The van der Waals surface area contributed by atoms with Crippen LogP contribution in [0.25, 0.3) is 10.9 Å². The summed E-state index contributed by atoms with van der Waals surface area (Å²) in [6.45, 7) is 3.83. The van der Waals surface area contributed by atoms with E-state index in [9.17, 15) is 0 Å². The van der Waals surface area contributed by atoms with Crippen LogP contribution in [0.4, 0.5) is 0 Å². The fourth-order valence-electron chi connectivity index (χ4n) is 1.68. The fraction of sp³-hybridized carbons (Fsp3) is 0.308. The second-order valence-corrected chi connectivity index (χ2v) is 3.61. The molecule has 0 radical (unpaired) electrons. The first kappa shape index (κ1) is 10.9. The average molecular weight is 216 g/mol. The van der Waals surface area contributed by atoms with Crippen molar-refractivity contribution in [3.8, 4) is 5.75 Å². The topological polar surface area (TPSA) is 34.1 Å². The maximum absolute atomic E-state index is 5.30. The molecule has 0 atom stereocenters. The monoisotopic (exact) mass is 216 g/mol. The summed E-state index contributed by atoms with van der Waals surface area (Å²) in [6.07, 6.45) is 0. The smallest absolute Gasteiger partial charge is 0.145 e. The van der Waals surface area contributed by atoms with E-state index in [0.717, 1.165) is 35.4 Å². The molecule has 0 saturated carbocycles. The summed E-state index contributed by atoms with van der Waals surface area (Å²) in [6, 6.07) is 10.1. The Bertz CT molecular complexity index is 482. The number of pyridine rings is 1.